The van der Waals surface area contributed by atoms with Gasteiger partial charge in [-0.1, -0.05) is 56.9 Å². The van der Waals surface area contributed by atoms with Crippen molar-refractivity contribution >= 4 is 11.8 Å². The second-order valence-electron chi connectivity index (χ2n) is 6.33. The van der Waals surface area contributed by atoms with E-state index in [0.29, 0.717) is 0 Å². The molecule has 0 bridgehead atoms. The van der Waals surface area contributed by atoms with E-state index < -0.39 is 0 Å². The summed E-state index contributed by atoms with van der Waals surface area (Å²) in [4.78, 5) is 0. The summed E-state index contributed by atoms with van der Waals surface area (Å²) in [6, 6.07) is 9.57. The normalized spacial score (nSPS) is 23.5. The number of nitrogens with one attached hydrogen (secondary N) is 1. The summed E-state index contributed by atoms with van der Waals surface area (Å²) in [5, 5.41) is 4.61. The van der Waals surface area contributed by atoms with Gasteiger partial charge in [-0.3, -0.25) is 0 Å². The van der Waals surface area contributed by atoms with Gasteiger partial charge in [0.2, 0.25) is 0 Å². The van der Waals surface area contributed by atoms with E-state index in [-0.39, 0.29) is 0 Å². The van der Waals surface area contributed by atoms with Gasteiger partial charge in [0.15, 0.2) is 0 Å². The molecule has 21 heavy (non-hydrogen) atoms. The van der Waals surface area contributed by atoms with Gasteiger partial charge < -0.3 is 5.32 Å². The first kappa shape index (κ1) is 16.9. The highest BCUT2D eigenvalue weighted by atomic mass is 32.2. The van der Waals surface area contributed by atoms with Gasteiger partial charge in [-0.15, -0.1) is 0 Å². The first-order valence-electron chi connectivity index (χ1n) is 8.70. The Balaban J connectivity index is 1.93. The highest BCUT2D eigenvalue weighted by Crippen LogP contribution is 2.30. The van der Waals surface area contributed by atoms with Crippen LogP contribution in [0.15, 0.2) is 24.3 Å². The number of hydrogen-bond acceptors (Lipinski definition) is 2. The second-order valence-corrected chi connectivity index (χ2v) is 7.56. The molecule has 1 aromatic rings. The summed E-state index contributed by atoms with van der Waals surface area (Å²) in [7, 11) is 0. The molecular weight excluding hydrogens is 274 g/mol. The molecule has 1 fully saturated rings. The van der Waals surface area contributed by atoms with Crippen LogP contribution in [0.25, 0.3) is 0 Å². The molecule has 1 aliphatic rings. The molecule has 1 N–H and O–H groups in total. The number of hydrogen-bond donors (Lipinski definition) is 1. The quantitative estimate of drug-likeness (QED) is 0.763. The Bertz CT molecular complexity index is 402. The van der Waals surface area contributed by atoms with Crippen LogP contribution in [0.3, 0.4) is 0 Å². The van der Waals surface area contributed by atoms with Gasteiger partial charge in [0.05, 0.1) is 0 Å². The third-order valence-electron chi connectivity index (χ3n) is 4.57. The minimum Gasteiger partial charge on any atom is -0.313 e. The van der Waals surface area contributed by atoms with E-state index in [2.05, 4.69) is 55.2 Å². The maximum Gasteiger partial charge on any atom is 0.0204 e. The Morgan fingerprint density at radius 2 is 1.86 bits per heavy atom. The lowest BCUT2D eigenvalue weighted by atomic mass is 9.96. The summed E-state index contributed by atoms with van der Waals surface area (Å²) >= 11 is 2.18. The maximum absolute atomic E-state index is 3.82. The van der Waals surface area contributed by atoms with E-state index in [1.807, 2.05) is 0 Å². The maximum atomic E-state index is 3.82. The monoisotopic (exact) mass is 305 g/mol. The first-order valence-corrected chi connectivity index (χ1v) is 9.75. The molecule has 1 nitrogen and oxygen atoms in total. The average molecular weight is 306 g/mol. The summed E-state index contributed by atoms with van der Waals surface area (Å²) in [6.45, 7) is 5.68. The van der Waals surface area contributed by atoms with Crippen molar-refractivity contribution in [2.24, 2.45) is 0 Å². The fourth-order valence-electron chi connectivity index (χ4n) is 3.18. The molecule has 0 heterocycles. The Hall–Kier alpha value is -0.470. The van der Waals surface area contributed by atoms with Gasteiger partial charge >= 0.3 is 0 Å². The first-order chi connectivity index (χ1) is 10.3. The predicted molar refractivity (Wildman–Crippen MR) is 96.0 cm³/mol. The smallest absolute Gasteiger partial charge is 0.0204 e. The SMILES string of the molecule is CCCNC1CCCCCCC1SCc1ccccc1C. The summed E-state index contributed by atoms with van der Waals surface area (Å²) in [5.41, 5.74) is 2.95. The van der Waals surface area contributed by atoms with E-state index in [0.717, 1.165) is 11.3 Å². The summed E-state index contributed by atoms with van der Waals surface area (Å²) < 4.78 is 0. The van der Waals surface area contributed by atoms with Crippen LogP contribution >= 0.6 is 11.8 Å². The lowest BCUT2D eigenvalue weighted by molar-refractivity contribution is 0.400. The predicted octanol–water partition coefficient (Wildman–Crippen LogP) is 5.32. The van der Waals surface area contributed by atoms with Gasteiger partial charge in [0, 0.05) is 17.0 Å². The standard InChI is InChI=1S/C19H31NS/c1-3-14-20-18-12-6-4-5-7-13-19(18)21-15-17-11-9-8-10-16(17)2/h8-11,18-20H,3-7,12-15H2,1-2H3. The lowest BCUT2D eigenvalue weighted by Gasteiger charge is -2.30. The molecule has 0 radical (unpaired) electrons. The molecular formula is C19H31NS. The molecule has 0 amide bonds. The van der Waals surface area contributed by atoms with Crippen LogP contribution in [0.5, 0.6) is 0 Å². The highest BCUT2D eigenvalue weighted by molar-refractivity contribution is 7.99. The Labute approximate surface area is 135 Å². The van der Waals surface area contributed by atoms with Gasteiger partial charge in [-0.05, 0) is 43.9 Å². The zero-order valence-corrected chi connectivity index (χ0v) is 14.6. The summed E-state index contributed by atoms with van der Waals surface area (Å²) in [6.07, 6.45) is 9.68. The minimum atomic E-state index is 0.722. The van der Waals surface area contributed by atoms with Crippen LogP contribution in [0, 0.1) is 6.92 Å². The van der Waals surface area contributed by atoms with Gasteiger partial charge in [0.25, 0.3) is 0 Å². The van der Waals surface area contributed by atoms with Crippen molar-refractivity contribution in [3.63, 3.8) is 0 Å². The van der Waals surface area contributed by atoms with Crippen LogP contribution in [0.1, 0.15) is 63.0 Å². The summed E-state index contributed by atoms with van der Waals surface area (Å²) in [5.74, 6) is 1.17. The van der Waals surface area contributed by atoms with Crippen LogP contribution in [-0.4, -0.2) is 17.8 Å². The zero-order valence-electron chi connectivity index (χ0n) is 13.7. The van der Waals surface area contributed by atoms with Crippen LogP contribution in [-0.2, 0) is 5.75 Å². The molecule has 0 aliphatic heterocycles. The molecule has 2 rings (SSSR count). The molecule has 2 atom stereocenters. The average Bonchev–Trinajstić information content (AvgIpc) is 2.47. The fraction of sp³-hybridized carbons (Fsp3) is 0.684. The lowest BCUT2D eigenvalue weighted by Crippen LogP contribution is -2.39. The molecule has 118 valence electrons. The van der Waals surface area contributed by atoms with Crippen LogP contribution in [0.4, 0.5) is 0 Å². The second kappa shape index (κ2) is 9.53. The number of rotatable bonds is 6. The molecule has 0 spiro atoms. The van der Waals surface area contributed by atoms with Crippen LogP contribution in [0.2, 0.25) is 0 Å². The van der Waals surface area contributed by atoms with Crippen LogP contribution < -0.4 is 5.32 Å². The Kier molecular flexibility index (Phi) is 7.66. The molecule has 1 aliphatic carbocycles. The third-order valence-corrected chi connectivity index (χ3v) is 6.04. The van der Waals surface area contributed by atoms with Crippen molar-refractivity contribution in [3.8, 4) is 0 Å². The molecule has 2 unspecified atom stereocenters. The van der Waals surface area contributed by atoms with E-state index in [1.165, 1.54) is 68.4 Å². The highest BCUT2D eigenvalue weighted by Gasteiger charge is 2.22. The fourth-order valence-corrected chi connectivity index (χ4v) is 4.70. The Morgan fingerprint density at radius 3 is 2.62 bits per heavy atom. The van der Waals surface area contributed by atoms with Crippen molar-refractivity contribution in [1.29, 1.82) is 0 Å². The largest absolute Gasteiger partial charge is 0.313 e. The van der Waals surface area contributed by atoms with Gasteiger partial charge in [-0.2, -0.15) is 11.8 Å². The van der Waals surface area contributed by atoms with E-state index >= 15 is 0 Å². The molecule has 1 saturated carbocycles. The number of thioether (sulfide) groups is 1. The van der Waals surface area contributed by atoms with Crippen molar-refractivity contribution in [2.75, 3.05) is 6.54 Å². The zero-order chi connectivity index (χ0) is 14.9. The van der Waals surface area contributed by atoms with Gasteiger partial charge in [-0.25, -0.2) is 0 Å². The van der Waals surface area contributed by atoms with Crippen molar-refractivity contribution in [3.05, 3.63) is 35.4 Å². The third kappa shape index (κ3) is 5.67. The molecule has 1 aromatic carbocycles. The van der Waals surface area contributed by atoms with Crippen molar-refractivity contribution in [1.82, 2.24) is 5.32 Å². The van der Waals surface area contributed by atoms with Crippen molar-refractivity contribution in [2.45, 2.75) is 75.8 Å². The van der Waals surface area contributed by atoms with E-state index in [1.54, 1.807) is 0 Å². The van der Waals surface area contributed by atoms with Gasteiger partial charge in [0.1, 0.15) is 0 Å². The minimum absolute atomic E-state index is 0.722. The van der Waals surface area contributed by atoms with E-state index in [9.17, 15) is 0 Å². The molecule has 0 aromatic heterocycles. The van der Waals surface area contributed by atoms with Crippen molar-refractivity contribution < 1.29 is 0 Å². The number of aryl methyl sites for hydroxylation is 1. The number of benzene rings is 1. The topological polar surface area (TPSA) is 12.0 Å². The molecule has 0 saturated heterocycles. The van der Waals surface area contributed by atoms with E-state index in [4.69, 9.17) is 0 Å². The molecule has 2 heteroatoms. The Morgan fingerprint density at radius 1 is 1.10 bits per heavy atom.